The van der Waals surface area contributed by atoms with Crippen molar-refractivity contribution in [1.29, 1.82) is 0 Å². The van der Waals surface area contributed by atoms with Crippen LogP contribution in [0.4, 0.5) is 8.78 Å². The summed E-state index contributed by atoms with van der Waals surface area (Å²) < 4.78 is 26.2. The van der Waals surface area contributed by atoms with Gasteiger partial charge in [0.1, 0.15) is 5.69 Å². The molecular formula is C8H8BrClF2N2. The highest BCUT2D eigenvalue weighted by Crippen LogP contribution is 2.31. The maximum absolute atomic E-state index is 13.1. The molecule has 0 fully saturated rings. The second kappa shape index (κ2) is 4.51. The topological polar surface area (TPSA) is 38.9 Å². The van der Waals surface area contributed by atoms with Gasteiger partial charge in [-0.1, -0.05) is 27.5 Å². The first kappa shape index (κ1) is 11.8. The molecule has 14 heavy (non-hydrogen) atoms. The van der Waals surface area contributed by atoms with Crippen LogP contribution in [0.15, 0.2) is 12.3 Å². The zero-order valence-corrected chi connectivity index (χ0v) is 9.45. The van der Waals surface area contributed by atoms with E-state index >= 15 is 0 Å². The lowest BCUT2D eigenvalue weighted by Crippen LogP contribution is -2.26. The number of hydrogen-bond donors (Lipinski definition) is 1. The van der Waals surface area contributed by atoms with Gasteiger partial charge < -0.3 is 5.73 Å². The van der Waals surface area contributed by atoms with Gasteiger partial charge in [0.15, 0.2) is 0 Å². The third-order valence-corrected chi connectivity index (χ3v) is 2.59. The highest BCUT2D eigenvalue weighted by Gasteiger charge is 2.33. The van der Waals surface area contributed by atoms with Crippen molar-refractivity contribution >= 4 is 27.5 Å². The van der Waals surface area contributed by atoms with Crippen LogP contribution in [0.3, 0.4) is 0 Å². The minimum Gasteiger partial charge on any atom is -0.325 e. The number of alkyl halides is 3. The molecule has 78 valence electrons. The monoisotopic (exact) mass is 284 g/mol. The third-order valence-electron chi connectivity index (χ3n) is 1.65. The predicted octanol–water partition coefficient (Wildman–Crippen LogP) is 2.68. The van der Waals surface area contributed by atoms with Gasteiger partial charge in [0, 0.05) is 11.5 Å². The average molecular weight is 286 g/mol. The van der Waals surface area contributed by atoms with E-state index in [0.717, 1.165) is 5.56 Å². The Hall–Kier alpha value is -0.260. The van der Waals surface area contributed by atoms with Crippen LogP contribution >= 0.6 is 27.5 Å². The first-order valence-electron chi connectivity index (χ1n) is 3.80. The van der Waals surface area contributed by atoms with Crippen molar-refractivity contribution in [2.45, 2.75) is 11.3 Å². The fourth-order valence-electron chi connectivity index (χ4n) is 0.916. The van der Waals surface area contributed by atoms with Crippen LogP contribution in [0.1, 0.15) is 11.3 Å². The van der Waals surface area contributed by atoms with E-state index in [1.165, 1.54) is 12.3 Å². The molecule has 1 aromatic rings. The van der Waals surface area contributed by atoms with Crippen LogP contribution in [-0.2, 0) is 11.3 Å². The van der Waals surface area contributed by atoms with Crippen LogP contribution in [0.5, 0.6) is 0 Å². The summed E-state index contributed by atoms with van der Waals surface area (Å²) >= 11 is 8.83. The van der Waals surface area contributed by atoms with Gasteiger partial charge in [-0.25, -0.2) is 0 Å². The van der Waals surface area contributed by atoms with Crippen LogP contribution < -0.4 is 5.73 Å². The Morgan fingerprint density at radius 1 is 1.57 bits per heavy atom. The maximum Gasteiger partial charge on any atom is 0.303 e. The van der Waals surface area contributed by atoms with E-state index < -0.39 is 18.2 Å². The van der Waals surface area contributed by atoms with Crippen molar-refractivity contribution in [3.63, 3.8) is 0 Å². The van der Waals surface area contributed by atoms with Gasteiger partial charge in [-0.3, -0.25) is 4.98 Å². The zero-order valence-electron chi connectivity index (χ0n) is 7.11. The van der Waals surface area contributed by atoms with Gasteiger partial charge in [-0.15, -0.1) is 0 Å². The smallest absolute Gasteiger partial charge is 0.303 e. The van der Waals surface area contributed by atoms with Crippen molar-refractivity contribution in [3.05, 3.63) is 28.5 Å². The lowest BCUT2D eigenvalue weighted by molar-refractivity contribution is 0.00149. The van der Waals surface area contributed by atoms with E-state index in [0.29, 0.717) is 5.33 Å². The Labute approximate surface area is 93.6 Å². The van der Waals surface area contributed by atoms with Crippen molar-refractivity contribution in [2.75, 3.05) is 6.54 Å². The van der Waals surface area contributed by atoms with Gasteiger partial charge in [0.05, 0.1) is 11.6 Å². The molecule has 0 bridgehead atoms. The van der Waals surface area contributed by atoms with Crippen molar-refractivity contribution in [2.24, 2.45) is 5.73 Å². The Morgan fingerprint density at radius 2 is 2.21 bits per heavy atom. The standard InChI is InChI=1S/C8H8BrClF2N2/c9-2-5-1-6(10)7(14-3-5)8(11,12)4-13/h1,3H,2,4,13H2. The zero-order chi connectivity index (χ0) is 10.8. The Balaban J connectivity index is 3.12. The van der Waals surface area contributed by atoms with Gasteiger partial charge >= 0.3 is 5.92 Å². The molecule has 0 aromatic carbocycles. The van der Waals surface area contributed by atoms with E-state index in [1.807, 2.05) is 0 Å². The number of nitrogens with zero attached hydrogens (tertiary/aromatic N) is 1. The fourth-order valence-corrected chi connectivity index (χ4v) is 1.55. The minimum atomic E-state index is -3.16. The maximum atomic E-state index is 13.1. The lowest BCUT2D eigenvalue weighted by atomic mass is 10.2. The van der Waals surface area contributed by atoms with Gasteiger partial charge in [-0.2, -0.15) is 8.78 Å². The Kier molecular flexibility index (Phi) is 3.80. The number of halogens is 4. The summed E-state index contributed by atoms with van der Waals surface area (Å²) in [5.74, 6) is -3.16. The molecule has 2 nitrogen and oxygen atoms in total. The quantitative estimate of drug-likeness (QED) is 0.867. The summed E-state index contributed by atoms with van der Waals surface area (Å²) in [4.78, 5) is 3.60. The normalized spacial score (nSPS) is 11.8. The summed E-state index contributed by atoms with van der Waals surface area (Å²) in [6.45, 7) is -0.798. The molecule has 0 unspecified atom stereocenters. The van der Waals surface area contributed by atoms with E-state index in [1.54, 1.807) is 0 Å². The molecule has 6 heteroatoms. The van der Waals surface area contributed by atoms with E-state index in [9.17, 15) is 8.78 Å². The van der Waals surface area contributed by atoms with E-state index in [-0.39, 0.29) is 5.02 Å². The number of pyridine rings is 1. The number of hydrogen-bond acceptors (Lipinski definition) is 2. The molecule has 0 radical (unpaired) electrons. The van der Waals surface area contributed by atoms with Crippen molar-refractivity contribution in [3.8, 4) is 0 Å². The van der Waals surface area contributed by atoms with Gasteiger partial charge in [0.25, 0.3) is 0 Å². The molecule has 2 N–H and O–H groups in total. The Morgan fingerprint density at radius 3 is 2.64 bits per heavy atom. The van der Waals surface area contributed by atoms with Crippen LogP contribution in [0, 0.1) is 0 Å². The fraction of sp³-hybridized carbons (Fsp3) is 0.375. The molecular weight excluding hydrogens is 277 g/mol. The first-order chi connectivity index (χ1) is 6.51. The molecule has 0 atom stereocenters. The molecule has 0 saturated carbocycles. The summed E-state index contributed by atoms with van der Waals surface area (Å²) in [7, 11) is 0. The molecule has 0 aliphatic carbocycles. The molecule has 1 rings (SSSR count). The number of nitrogens with two attached hydrogens (primary N) is 1. The summed E-state index contributed by atoms with van der Waals surface area (Å²) in [5, 5.41) is 0.464. The first-order valence-corrected chi connectivity index (χ1v) is 5.30. The highest BCUT2D eigenvalue weighted by molar-refractivity contribution is 9.08. The molecule has 1 aromatic heterocycles. The Bertz CT molecular complexity index is 333. The van der Waals surface area contributed by atoms with Crippen molar-refractivity contribution < 1.29 is 8.78 Å². The highest BCUT2D eigenvalue weighted by atomic mass is 79.9. The molecule has 1 heterocycles. The van der Waals surface area contributed by atoms with Crippen LogP contribution in [-0.4, -0.2) is 11.5 Å². The SMILES string of the molecule is NCC(F)(F)c1ncc(CBr)cc1Cl. The van der Waals surface area contributed by atoms with Gasteiger partial charge in [-0.05, 0) is 11.6 Å². The molecule has 0 amide bonds. The summed E-state index contributed by atoms with van der Waals surface area (Å²) in [6.07, 6.45) is 1.35. The van der Waals surface area contributed by atoms with Crippen LogP contribution in [0.25, 0.3) is 0 Å². The molecule has 0 saturated heterocycles. The summed E-state index contributed by atoms with van der Waals surface area (Å²) in [6, 6.07) is 1.45. The van der Waals surface area contributed by atoms with Crippen LogP contribution in [0.2, 0.25) is 5.02 Å². The van der Waals surface area contributed by atoms with E-state index in [4.69, 9.17) is 17.3 Å². The van der Waals surface area contributed by atoms with Gasteiger partial charge in [0.2, 0.25) is 0 Å². The molecule has 0 aliphatic heterocycles. The average Bonchev–Trinajstić information content (AvgIpc) is 2.17. The third kappa shape index (κ3) is 2.40. The van der Waals surface area contributed by atoms with Crippen molar-refractivity contribution in [1.82, 2.24) is 4.98 Å². The predicted molar refractivity (Wildman–Crippen MR) is 54.8 cm³/mol. The second-order valence-corrected chi connectivity index (χ2v) is 3.68. The lowest BCUT2D eigenvalue weighted by Gasteiger charge is -2.14. The summed E-state index contributed by atoms with van der Waals surface area (Å²) in [5.41, 5.74) is 5.20. The van der Waals surface area contributed by atoms with E-state index in [2.05, 4.69) is 20.9 Å². The largest absolute Gasteiger partial charge is 0.325 e. The second-order valence-electron chi connectivity index (χ2n) is 2.72. The number of rotatable bonds is 3. The molecule has 0 spiro atoms. The molecule has 0 aliphatic rings. The number of aromatic nitrogens is 1. The minimum absolute atomic E-state index is 0.0580.